The van der Waals surface area contributed by atoms with E-state index in [0.29, 0.717) is 0 Å². The highest BCUT2D eigenvalue weighted by Crippen LogP contribution is 2.11. The van der Waals surface area contributed by atoms with Crippen molar-refractivity contribution in [2.24, 2.45) is 0 Å². The lowest BCUT2D eigenvalue weighted by atomic mass is 10.0. The van der Waals surface area contributed by atoms with E-state index in [9.17, 15) is 20.1 Å². The molecule has 5 N–H and O–H groups in total. The number of carboxylic acids is 1. The fourth-order valence-electron chi connectivity index (χ4n) is 1.66. The molecule has 1 aromatic rings. The minimum atomic E-state index is -1.65. The number of hydrogen-bond donors (Lipinski definition) is 5. The Labute approximate surface area is 116 Å². The summed E-state index contributed by atoms with van der Waals surface area (Å²) in [6.45, 7) is -0.729. The van der Waals surface area contributed by atoms with Crippen molar-refractivity contribution in [2.45, 2.75) is 24.7 Å². The van der Waals surface area contributed by atoms with Gasteiger partial charge in [0.1, 0.15) is 18.3 Å². The predicted molar refractivity (Wildman–Crippen MR) is 71.0 cm³/mol. The first-order valence-corrected chi connectivity index (χ1v) is 6.08. The number of carboxylic acid groups (broad SMARTS) is 1. The maximum Gasteiger partial charge on any atom is 0.331 e. The van der Waals surface area contributed by atoms with E-state index in [1.165, 1.54) is 0 Å². The van der Waals surface area contributed by atoms with Crippen LogP contribution in [0.15, 0.2) is 42.0 Å². The zero-order valence-corrected chi connectivity index (χ0v) is 10.8. The number of aliphatic hydroxyl groups excluding tert-OH is 4. The number of aliphatic carboxylic acids is 1. The van der Waals surface area contributed by atoms with Gasteiger partial charge in [0.25, 0.3) is 0 Å². The molecule has 0 radical (unpaired) electrons. The molecule has 0 bridgehead atoms. The van der Waals surface area contributed by atoms with E-state index in [0.717, 1.165) is 11.6 Å². The number of hydrogen-bond acceptors (Lipinski definition) is 5. The van der Waals surface area contributed by atoms with Gasteiger partial charge in [-0.15, -0.1) is 0 Å². The lowest BCUT2D eigenvalue weighted by Gasteiger charge is -2.19. The second kappa shape index (κ2) is 7.76. The van der Waals surface area contributed by atoms with Crippen LogP contribution in [0.4, 0.5) is 0 Å². The van der Waals surface area contributed by atoms with E-state index in [-0.39, 0.29) is 12.0 Å². The van der Waals surface area contributed by atoms with Crippen molar-refractivity contribution < 1.29 is 30.3 Å². The Morgan fingerprint density at radius 1 is 1.15 bits per heavy atom. The predicted octanol–water partition coefficient (Wildman–Crippen LogP) is -0.685. The van der Waals surface area contributed by atoms with Crippen molar-refractivity contribution >= 4 is 5.97 Å². The van der Waals surface area contributed by atoms with Gasteiger partial charge in [-0.3, -0.25) is 0 Å². The van der Waals surface area contributed by atoms with Crippen molar-refractivity contribution in [1.29, 1.82) is 0 Å². The van der Waals surface area contributed by atoms with Gasteiger partial charge < -0.3 is 25.5 Å². The maximum absolute atomic E-state index is 11.1. The first-order valence-electron chi connectivity index (χ1n) is 6.08. The average molecular weight is 282 g/mol. The molecule has 0 amide bonds. The van der Waals surface area contributed by atoms with Gasteiger partial charge in [0.05, 0.1) is 6.61 Å². The summed E-state index contributed by atoms with van der Waals surface area (Å²) in [5, 5.41) is 46.1. The maximum atomic E-state index is 11.1. The molecule has 0 aromatic heterocycles. The molecule has 0 aliphatic heterocycles. The van der Waals surface area contributed by atoms with Crippen LogP contribution in [0, 0.1) is 0 Å². The molecule has 0 saturated carbocycles. The fraction of sp³-hybridized carbons (Fsp3) is 0.357. The van der Waals surface area contributed by atoms with E-state index < -0.39 is 30.9 Å². The number of rotatable bonds is 7. The molecule has 0 fully saturated rings. The lowest BCUT2D eigenvalue weighted by Crippen LogP contribution is -2.38. The number of carbonyl (C=O) groups is 1. The molecule has 0 aliphatic carbocycles. The van der Waals surface area contributed by atoms with Gasteiger partial charge in [-0.05, 0) is 11.6 Å². The first-order chi connectivity index (χ1) is 9.45. The van der Waals surface area contributed by atoms with Crippen molar-refractivity contribution in [2.75, 3.05) is 6.61 Å². The van der Waals surface area contributed by atoms with Crippen LogP contribution in [0.5, 0.6) is 0 Å². The van der Waals surface area contributed by atoms with Gasteiger partial charge in [0, 0.05) is 12.0 Å². The van der Waals surface area contributed by atoms with Crippen molar-refractivity contribution in [1.82, 2.24) is 0 Å². The number of benzene rings is 1. The standard InChI is InChI=1S/C14H18O6/c15-8-12(17)13(18)11(16)7-10(14(19)20)6-9-4-2-1-3-5-9/h1-5,7,11-13,15-18H,6,8H2,(H,19,20)/t11-,12-,13+/m0/s1. The lowest BCUT2D eigenvalue weighted by molar-refractivity contribution is -0.132. The van der Waals surface area contributed by atoms with Gasteiger partial charge in [0.2, 0.25) is 0 Å². The van der Waals surface area contributed by atoms with E-state index >= 15 is 0 Å². The molecule has 110 valence electrons. The molecular weight excluding hydrogens is 264 g/mol. The minimum absolute atomic E-state index is 0.0785. The van der Waals surface area contributed by atoms with Crippen LogP contribution in [0.25, 0.3) is 0 Å². The largest absolute Gasteiger partial charge is 0.478 e. The molecule has 6 heteroatoms. The monoisotopic (exact) mass is 282 g/mol. The smallest absolute Gasteiger partial charge is 0.331 e. The average Bonchev–Trinajstić information content (AvgIpc) is 2.45. The molecule has 0 unspecified atom stereocenters. The topological polar surface area (TPSA) is 118 Å². The summed E-state index contributed by atoms with van der Waals surface area (Å²) in [7, 11) is 0. The molecule has 3 atom stereocenters. The molecule has 0 saturated heterocycles. The van der Waals surface area contributed by atoms with Crippen LogP contribution in [-0.2, 0) is 11.2 Å². The summed E-state index contributed by atoms with van der Waals surface area (Å²) < 4.78 is 0. The summed E-state index contributed by atoms with van der Waals surface area (Å²) in [4.78, 5) is 11.1. The van der Waals surface area contributed by atoms with Crippen LogP contribution in [-0.4, -0.2) is 56.4 Å². The van der Waals surface area contributed by atoms with Gasteiger partial charge in [-0.2, -0.15) is 0 Å². The zero-order valence-electron chi connectivity index (χ0n) is 10.8. The molecule has 6 nitrogen and oxygen atoms in total. The summed E-state index contributed by atoms with van der Waals surface area (Å²) >= 11 is 0. The van der Waals surface area contributed by atoms with Gasteiger partial charge >= 0.3 is 5.97 Å². The molecule has 20 heavy (non-hydrogen) atoms. The molecule has 1 rings (SSSR count). The third-order valence-electron chi connectivity index (χ3n) is 2.82. The molecular formula is C14H18O6. The highest BCUT2D eigenvalue weighted by atomic mass is 16.4. The van der Waals surface area contributed by atoms with Gasteiger partial charge in [-0.25, -0.2) is 4.79 Å². The molecule has 0 spiro atoms. The Hall–Kier alpha value is -1.73. The number of aliphatic hydroxyl groups is 4. The van der Waals surface area contributed by atoms with Crippen molar-refractivity contribution in [3.63, 3.8) is 0 Å². The first kappa shape index (κ1) is 16.3. The van der Waals surface area contributed by atoms with E-state index in [4.69, 9.17) is 10.2 Å². The Kier molecular flexibility index (Phi) is 6.33. The zero-order chi connectivity index (χ0) is 15.1. The Morgan fingerprint density at radius 2 is 1.75 bits per heavy atom. The Bertz CT molecular complexity index is 456. The van der Waals surface area contributed by atoms with E-state index in [2.05, 4.69) is 0 Å². The third-order valence-corrected chi connectivity index (χ3v) is 2.82. The summed E-state index contributed by atoms with van der Waals surface area (Å²) in [5.74, 6) is -1.22. The Balaban J connectivity index is 2.85. The van der Waals surface area contributed by atoms with Gasteiger partial charge in [0.15, 0.2) is 0 Å². The van der Waals surface area contributed by atoms with E-state index in [1.54, 1.807) is 30.3 Å². The van der Waals surface area contributed by atoms with E-state index in [1.807, 2.05) is 0 Å². The molecule has 1 aromatic carbocycles. The quantitative estimate of drug-likeness (QED) is 0.423. The summed E-state index contributed by atoms with van der Waals surface area (Å²) in [6, 6.07) is 8.79. The summed E-state index contributed by atoms with van der Waals surface area (Å²) in [6.07, 6.45) is -3.71. The molecule has 0 aliphatic rings. The highest BCUT2D eigenvalue weighted by Gasteiger charge is 2.24. The second-order valence-corrected chi connectivity index (χ2v) is 4.39. The van der Waals surface area contributed by atoms with Crippen LogP contribution in [0.2, 0.25) is 0 Å². The van der Waals surface area contributed by atoms with Crippen LogP contribution in [0.3, 0.4) is 0 Å². The van der Waals surface area contributed by atoms with Gasteiger partial charge in [-0.1, -0.05) is 30.3 Å². The second-order valence-electron chi connectivity index (χ2n) is 4.39. The normalized spacial score (nSPS) is 16.5. The third kappa shape index (κ3) is 4.75. The Morgan fingerprint density at radius 3 is 2.25 bits per heavy atom. The SMILES string of the molecule is O=C(O)C(=C[C@H](O)[C@@H](O)[C@@H](O)CO)Cc1ccccc1. The minimum Gasteiger partial charge on any atom is -0.478 e. The fourth-order valence-corrected chi connectivity index (χ4v) is 1.66. The van der Waals surface area contributed by atoms with Crippen molar-refractivity contribution in [3.05, 3.63) is 47.5 Å². The highest BCUT2D eigenvalue weighted by molar-refractivity contribution is 5.87. The van der Waals surface area contributed by atoms with Crippen molar-refractivity contribution in [3.8, 4) is 0 Å². The van der Waals surface area contributed by atoms with Crippen LogP contribution in [0.1, 0.15) is 5.56 Å². The van der Waals surface area contributed by atoms with Crippen LogP contribution >= 0.6 is 0 Å². The van der Waals surface area contributed by atoms with Crippen LogP contribution < -0.4 is 0 Å². The molecule has 0 heterocycles. The summed E-state index contributed by atoms with van der Waals surface area (Å²) in [5.41, 5.74) is 0.637.